The molecule has 2 rings (SSSR count). The van der Waals surface area contributed by atoms with Crippen LogP contribution in [0.2, 0.25) is 5.02 Å². The number of hydrogen-bond donors (Lipinski definition) is 2. The summed E-state index contributed by atoms with van der Waals surface area (Å²) in [4.78, 5) is 12.1. The van der Waals surface area contributed by atoms with Gasteiger partial charge in [-0.1, -0.05) is 29.8 Å². The van der Waals surface area contributed by atoms with E-state index in [0.29, 0.717) is 12.2 Å². The Bertz CT molecular complexity index is 660. The summed E-state index contributed by atoms with van der Waals surface area (Å²) < 4.78 is 13.1. The Morgan fingerprint density at radius 2 is 2.10 bits per heavy atom. The minimum Gasteiger partial charge on any atom is -0.399 e. The Balaban J connectivity index is 1.99. The highest BCUT2D eigenvalue weighted by atomic mass is 35.5. The number of benzene rings is 2. The lowest BCUT2D eigenvalue weighted by atomic mass is 10.00. The van der Waals surface area contributed by atoms with E-state index in [2.05, 4.69) is 5.32 Å². The van der Waals surface area contributed by atoms with Crippen molar-refractivity contribution < 1.29 is 9.18 Å². The maximum absolute atomic E-state index is 13.1. The van der Waals surface area contributed by atoms with E-state index in [9.17, 15) is 9.18 Å². The topological polar surface area (TPSA) is 55.1 Å². The second-order valence-corrected chi connectivity index (χ2v) is 5.27. The van der Waals surface area contributed by atoms with Crippen LogP contribution in [0.3, 0.4) is 0 Å². The number of nitrogens with one attached hydrogen (secondary N) is 1. The fourth-order valence-corrected chi connectivity index (χ4v) is 2.17. The van der Waals surface area contributed by atoms with Crippen molar-refractivity contribution in [1.29, 1.82) is 0 Å². The van der Waals surface area contributed by atoms with E-state index in [4.69, 9.17) is 17.3 Å². The summed E-state index contributed by atoms with van der Waals surface area (Å²) in [5, 5.41) is 2.85. The molecule has 0 spiro atoms. The van der Waals surface area contributed by atoms with Crippen LogP contribution in [0.15, 0.2) is 42.5 Å². The zero-order valence-electron chi connectivity index (χ0n) is 11.6. The zero-order valence-corrected chi connectivity index (χ0v) is 12.3. The maximum atomic E-state index is 13.1. The van der Waals surface area contributed by atoms with Crippen LogP contribution in [-0.2, 0) is 11.3 Å². The lowest BCUT2D eigenvalue weighted by Gasteiger charge is -2.13. The monoisotopic (exact) mass is 306 g/mol. The van der Waals surface area contributed by atoms with Crippen LogP contribution in [-0.4, -0.2) is 5.91 Å². The molecule has 5 heteroatoms. The number of hydrogen-bond acceptors (Lipinski definition) is 2. The number of nitrogens with two attached hydrogens (primary N) is 1. The Kier molecular flexibility index (Phi) is 4.81. The normalized spacial score (nSPS) is 12.0. The Morgan fingerprint density at radius 1 is 1.33 bits per heavy atom. The van der Waals surface area contributed by atoms with Gasteiger partial charge in [0.1, 0.15) is 5.82 Å². The van der Waals surface area contributed by atoms with Crippen molar-refractivity contribution in [2.24, 2.45) is 0 Å². The van der Waals surface area contributed by atoms with Crippen molar-refractivity contribution in [3.63, 3.8) is 0 Å². The fraction of sp³-hybridized carbons (Fsp3) is 0.188. The maximum Gasteiger partial charge on any atom is 0.227 e. The molecule has 2 aromatic carbocycles. The lowest BCUT2D eigenvalue weighted by Crippen LogP contribution is -2.27. The minimum absolute atomic E-state index is 0.0469. The molecule has 1 unspecified atom stereocenters. The van der Waals surface area contributed by atoms with Gasteiger partial charge in [-0.05, 0) is 42.3 Å². The Labute approximate surface area is 127 Å². The van der Waals surface area contributed by atoms with E-state index >= 15 is 0 Å². The second kappa shape index (κ2) is 6.59. The van der Waals surface area contributed by atoms with Gasteiger partial charge in [0, 0.05) is 12.2 Å². The number of halogens is 2. The van der Waals surface area contributed by atoms with Crippen molar-refractivity contribution in [1.82, 2.24) is 5.32 Å². The highest BCUT2D eigenvalue weighted by Gasteiger charge is 2.15. The van der Waals surface area contributed by atoms with Gasteiger partial charge < -0.3 is 11.1 Å². The first-order chi connectivity index (χ1) is 9.97. The molecule has 0 saturated carbocycles. The average molecular weight is 307 g/mol. The molecule has 0 fully saturated rings. The molecule has 0 radical (unpaired) electrons. The summed E-state index contributed by atoms with van der Waals surface area (Å²) >= 11 is 5.70. The van der Waals surface area contributed by atoms with Gasteiger partial charge >= 0.3 is 0 Å². The summed E-state index contributed by atoms with van der Waals surface area (Å²) in [7, 11) is 0. The summed E-state index contributed by atoms with van der Waals surface area (Å²) in [6, 6.07) is 11.6. The number of carbonyl (C=O) groups is 1. The molecule has 1 amide bonds. The Morgan fingerprint density at radius 3 is 2.76 bits per heavy atom. The van der Waals surface area contributed by atoms with Crippen molar-refractivity contribution >= 4 is 23.2 Å². The lowest BCUT2D eigenvalue weighted by molar-refractivity contribution is -0.122. The van der Waals surface area contributed by atoms with E-state index in [0.717, 1.165) is 11.1 Å². The molecule has 0 saturated heterocycles. The number of anilines is 1. The van der Waals surface area contributed by atoms with Gasteiger partial charge in [0.05, 0.1) is 10.9 Å². The highest BCUT2D eigenvalue weighted by Crippen LogP contribution is 2.19. The van der Waals surface area contributed by atoms with E-state index in [1.165, 1.54) is 12.1 Å². The summed E-state index contributed by atoms with van der Waals surface area (Å²) in [5.74, 6) is -0.912. The summed E-state index contributed by atoms with van der Waals surface area (Å²) in [6.07, 6.45) is 0. The van der Waals surface area contributed by atoms with Crippen molar-refractivity contribution in [3.05, 3.63) is 64.4 Å². The first kappa shape index (κ1) is 15.3. The number of amides is 1. The highest BCUT2D eigenvalue weighted by molar-refractivity contribution is 6.30. The molecule has 3 N–H and O–H groups in total. The predicted octanol–water partition coefficient (Wildman–Crippen LogP) is 3.48. The number of rotatable bonds is 4. The first-order valence-electron chi connectivity index (χ1n) is 6.54. The van der Waals surface area contributed by atoms with Gasteiger partial charge in [-0.15, -0.1) is 0 Å². The van der Waals surface area contributed by atoms with Crippen LogP contribution in [0, 0.1) is 5.82 Å². The van der Waals surface area contributed by atoms with Crippen LogP contribution in [0.1, 0.15) is 24.0 Å². The van der Waals surface area contributed by atoms with Crippen LogP contribution in [0.25, 0.3) is 0 Å². The van der Waals surface area contributed by atoms with E-state index in [1.54, 1.807) is 18.2 Å². The minimum atomic E-state index is -0.472. The van der Waals surface area contributed by atoms with Gasteiger partial charge in [-0.25, -0.2) is 4.39 Å². The zero-order chi connectivity index (χ0) is 15.4. The fourth-order valence-electron chi connectivity index (χ4n) is 1.97. The van der Waals surface area contributed by atoms with Gasteiger partial charge in [0.15, 0.2) is 0 Å². The van der Waals surface area contributed by atoms with Crippen LogP contribution in [0.5, 0.6) is 0 Å². The number of nitrogen functional groups attached to an aromatic ring is 1. The summed E-state index contributed by atoms with van der Waals surface area (Å²) in [5.41, 5.74) is 7.93. The molecule has 2 aromatic rings. The molecule has 21 heavy (non-hydrogen) atoms. The molecule has 110 valence electrons. The molecule has 0 heterocycles. The molecule has 0 aliphatic carbocycles. The molecule has 0 bridgehead atoms. The third-order valence-corrected chi connectivity index (χ3v) is 3.54. The first-order valence-corrected chi connectivity index (χ1v) is 6.92. The second-order valence-electron chi connectivity index (χ2n) is 4.86. The average Bonchev–Trinajstić information content (AvgIpc) is 2.47. The molecule has 1 atom stereocenters. The molecular formula is C16H16ClFN2O. The van der Waals surface area contributed by atoms with Crippen LogP contribution < -0.4 is 11.1 Å². The molecule has 0 aromatic heterocycles. The van der Waals surface area contributed by atoms with Gasteiger partial charge in [0.2, 0.25) is 5.91 Å². The molecular weight excluding hydrogens is 291 g/mol. The SMILES string of the molecule is CC(C(=O)NCc1ccc(F)c(Cl)c1)c1cccc(N)c1. The van der Waals surface area contributed by atoms with E-state index in [1.807, 2.05) is 19.1 Å². The van der Waals surface area contributed by atoms with E-state index < -0.39 is 5.82 Å². The Hall–Kier alpha value is -2.07. The number of carbonyl (C=O) groups excluding carboxylic acids is 1. The van der Waals surface area contributed by atoms with Gasteiger partial charge in [-0.2, -0.15) is 0 Å². The van der Waals surface area contributed by atoms with E-state index in [-0.39, 0.29) is 16.8 Å². The molecule has 3 nitrogen and oxygen atoms in total. The summed E-state index contributed by atoms with van der Waals surface area (Å²) in [6.45, 7) is 2.10. The third-order valence-electron chi connectivity index (χ3n) is 3.25. The quantitative estimate of drug-likeness (QED) is 0.850. The third kappa shape index (κ3) is 3.95. The predicted molar refractivity (Wildman–Crippen MR) is 82.5 cm³/mol. The van der Waals surface area contributed by atoms with Crippen molar-refractivity contribution in [2.75, 3.05) is 5.73 Å². The molecule has 0 aliphatic heterocycles. The van der Waals surface area contributed by atoms with Crippen LogP contribution in [0.4, 0.5) is 10.1 Å². The van der Waals surface area contributed by atoms with Gasteiger partial charge in [-0.3, -0.25) is 4.79 Å². The standard InChI is InChI=1S/C16H16ClFN2O/c1-10(12-3-2-4-13(19)8-12)16(21)20-9-11-5-6-15(18)14(17)7-11/h2-8,10H,9,19H2,1H3,(H,20,21). The van der Waals surface area contributed by atoms with Crippen molar-refractivity contribution in [3.8, 4) is 0 Å². The molecule has 0 aliphatic rings. The smallest absolute Gasteiger partial charge is 0.227 e. The van der Waals surface area contributed by atoms with Crippen LogP contribution >= 0.6 is 11.6 Å². The van der Waals surface area contributed by atoms with Gasteiger partial charge in [0.25, 0.3) is 0 Å². The largest absolute Gasteiger partial charge is 0.399 e. The van der Waals surface area contributed by atoms with Crippen molar-refractivity contribution in [2.45, 2.75) is 19.4 Å².